The van der Waals surface area contributed by atoms with Gasteiger partial charge in [0.2, 0.25) is 15.9 Å². The Hall–Kier alpha value is -2.74. The zero-order valence-corrected chi connectivity index (χ0v) is 18.9. The van der Waals surface area contributed by atoms with E-state index >= 15 is 0 Å². The van der Waals surface area contributed by atoms with E-state index in [1.54, 1.807) is 31.4 Å². The summed E-state index contributed by atoms with van der Waals surface area (Å²) in [5.41, 5.74) is 1.25. The normalized spacial score (nSPS) is 12.3. The number of amides is 1. The highest BCUT2D eigenvalue weighted by Crippen LogP contribution is 2.29. The van der Waals surface area contributed by atoms with Crippen LogP contribution in [0.25, 0.3) is 0 Å². The molecule has 1 N–H and O–H groups in total. The number of carbonyl (C=O) groups is 1. The first-order chi connectivity index (χ1) is 14.2. The number of hydrogen-bond donors (Lipinski definition) is 1. The van der Waals surface area contributed by atoms with Crippen LogP contribution >= 0.6 is 0 Å². The summed E-state index contributed by atoms with van der Waals surface area (Å²) in [6.45, 7) is 3.80. The van der Waals surface area contributed by atoms with Crippen LogP contribution in [0.2, 0.25) is 0 Å². The second-order valence-electron chi connectivity index (χ2n) is 7.46. The molecule has 2 aromatic carbocycles. The molecule has 0 unspecified atom stereocenters. The molecule has 0 saturated carbocycles. The van der Waals surface area contributed by atoms with Crippen LogP contribution in [0.15, 0.2) is 48.5 Å². The third-order valence-electron chi connectivity index (χ3n) is 4.60. The second kappa shape index (κ2) is 10.3. The van der Waals surface area contributed by atoms with Crippen molar-refractivity contribution in [3.63, 3.8) is 0 Å². The SMILES string of the molecule is COc1ccc([C@H](CC(C)C)NC(=O)CN(c2ccccc2OC)S(C)(=O)=O)cc1. The van der Waals surface area contributed by atoms with Gasteiger partial charge in [0.15, 0.2) is 0 Å². The smallest absolute Gasteiger partial charge is 0.241 e. The summed E-state index contributed by atoms with van der Waals surface area (Å²) in [6, 6.07) is 14.0. The van der Waals surface area contributed by atoms with Gasteiger partial charge in [0.25, 0.3) is 0 Å². The fraction of sp³-hybridized carbons (Fsp3) is 0.409. The van der Waals surface area contributed by atoms with Crippen molar-refractivity contribution in [1.29, 1.82) is 0 Å². The quantitative estimate of drug-likeness (QED) is 0.620. The van der Waals surface area contributed by atoms with Crippen LogP contribution in [0, 0.1) is 5.92 Å². The maximum atomic E-state index is 12.9. The lowest BCUT2D eigenvalue weighted by atomic mass is 9.97. The van der Waals surface area contributed by atoms with Gasteiger partial charge >= 0.3 is 0 Å². The number of para-hydroxylation sites is 2. The van der Waals surface area contributed by atoms with Crippen LogP contribution in [0.3, 0.4) is 0 Å². The molecule has 2 aromatic rings. The number of nitrogens with zero attached hydrogens (tertiary/aromatic N) is 1. The minimum atomic E-state index is -3.70. The average molecular weight is 435 g/mol. The highest BCUT2D eigenvalue weighted by molar-refractivity contribution is 7.92. The average Bonchev–Trinajstić information content (AvgIpc) is 2.70. The van der Waals surface area contributed by atoms with Crippen LogP contribution in [-0.2, 0) is 14.8 Å². The van der Waals surface area contributed by atoms with E-state index in [-0.39, 0.29) is 12.6 Å². The number of carbonyl (C=O) groups excluding carboxylic acids is 1. The Morgan fingerprint density at radius 3 is 2.20 bits per heavy atom. The monoisotopic (exact) mass is 434 g/mol. The lowest BCUT2D eigenvalue weighted by Gasteiger charge is -2.26. The summed E-state index contributed by atoms with van der Waals surface area (Å²) in [5, 5.41) is 2.99. The summed E-state index contributed by atoms with van der Waals surface area (Å²) in [7, 11) is -0.645. The van der Waals surface area contributed by atoms with Crippen LogP contribution < -0.4 is 19.1 Å². The molecule has 1 atom stereocenters. The van der Waals surface area contributed by atoms with Crippen LogP contribution in [0.5, 0.6) is 11.5 Å². The van der Waals surface area contributed by atoms with E-state index in [9.17, 15) is 13.2 Å². The van der Waals surface area contributed by atoms with Gasteiger partial charge in [-0.3, -0.25) is 9.10 Å². The lowest BCUT2D eigenvalue weighted by molar-refractivity contribution is -0.120. The van der Waals surface area contributed by atoms with Crippen molar-refractivity contribution in [1.82, 2.24) is 5.32 Å². The highest BCUT2D eigenvalue weighted by Gasteiger charge is 2.25. The number of nitrogens with one attached hydrogen (secondary N) is 1. The number of benzene rings is 2. The third kappa shape index (κ3) is 6.38. The zero-order valence-electron chi connectivity index (χ0n) is 18.1. The third-order valence-corrected chi connectivity index (χ3v) is 5.73. The molecule has 7 nitrogen and oxygen atoms in total. The van der Waals surface area contributed by atoms with Crippen molar-refractivity contribution in [3.8, 4) is 11.5 Å². The molecule has 0 heterocycles. The molecule has 8 heteroatoms. The molecule has 0 aromatic heterocycles. The Morgan fingerprint density at radius 1 is 1.03 bits per heavy atom. The molecule has 30 heavy (non-hydrogen) atoms. The van der Waals surface area contributed by atoms with E-state index in [0.717, 1.165) is 21.9 Å². The van der Waals surface area contributed by atoms with Crippen molar-refractivity contribution in [2.45, 2.75) is 26.3 Å². The minimum Gasteiger partial charge on any atom is -0.497 e. The Kier molecular flexibility index (Phi) is 8.11. The van der Waals surface area contributed by atoms with Gasteiger partial charge < -0.3 is 14.8 Å². The van der Waals surface area contributed by atoms with E-state index in [0.29, 0.717) is 23.8 Å². The number of rotatable bonds is 10. The number of anilines is 1. The molecule has 2 rings (SSSR count). The minimum absolute atomic E-state index is 0.248. The number of ether oxygens (including phenoxy) is 2. The van der Waals surface area contributed by atoms with E-state index < -0.39 is 15.9 Å². The Morgan fingerprint density at radius 2 is 1.67 bits per heavy atom. The van der Waals surface area contributed by atoms with Gasteiger partial charge in [-0.1, -0.05) is 38.1 Å². The summed E-state index contributed by atoms with van der Waals surface area (Å²) < 4.78 is 36.4. The molecule has 0 fully saturated rings. The van der Waals surface area contributed by atoms with E-state index in [1.165, 1.54) is 7.11 Å². The lowest BCUT2D eigenvalue weighted by Crippen LogP contribution is -2.42. The van der Waals surface area contributed by atoms with E-state index in [4.69, 9.17) is 9.47 Å². The fourth-order valence-corrected chi connectivity index (χ4v) is 4.03. The van der Waals surface area contributed by atoms with Crippen LogP contribution in [0.1, 0.15) is 31.9 Å². The largest absolute Gasteiger partial charge is 0.497 e. The molecule has 0 aliphatic rings. The van der Waals surface area contributed by atoms with E-state index in [2.05, 4.69) is 19.2 Å². The number of hydrogen-bond acceptors (Lipinski definition) is 5. The molecule has 0 saturated heterocycles. The summed E-state index contributed by atoms with van der Waals surface area (Å²) in [6.07, 6.45) is 1.79. The Balaban J connectivity index is 2.26. The fourth-order valence-electron chi connectivity index (χ4n) is 3.17. The first-order valence-electron chi connectivity index (χ1n) is 9.69. The second-order valence-corrected chi connectivity index (χ2v) is 9.37. The predicted octanol–water partition coefficient (Wildman–Crippen LogP) is 3.37. The molecule has 0 aliphatic heterocycles. The Bertz CT molecular complexity index is 942. The number of methoxy groups -OCH3 is 2. The maximum Gasteiger partial charge on any atom is 0.241 e. The standard InChI is InChI=1S/C22H30N2O5S/c1-16(2)14-19(17-10-12-18(28-3)13-11-17)23-22(25)15-24(30(5,26)27)20-8-6-7-9-21(20)29-4/h6-13,16,19H,14-15H2,1-5H3,(H,23,25)/t19-/m0/s1. The maximum absolute atomic E-state index is 12.9. The van der Waals surface area contributed by atoms with E-state index in [1.807, 2.05) is 24.3 Å². The van der Waals surface area contributed by atoms with Crippen molar-refractivity contribution < 1.29 is 22.7 Å². The number of sulfonamides is 1. The molecule has 0 radical (unpaired) electrons. The predicted molar refractivity (Wildman–Crippen MR) is 119 cm³/mol. The first kappa shape index (κ1) is 23.5. The van der Waals surface area contributed by atoms with Crippen molar-refractivity contribution in [3.05, 3.63) is 54.1 Å². The topological polar surface area (TPSA) is 84.9 Å². The van der Waals surface area contributed by atoms with Gasteiger partial charge in [-0.25, -0.2) is 8.42 Å². The van der Waals surface area contributed by atoms with Crippen molar-refractivity contribution in [2.24, 2.45) is 5.92 Å². The first-order valence-corrected chi connectivity index (χ1v) is 11.5. The van der Waals surface area contributed by atoms with Crippen LogP contribution in [0.4, 0.5) is 5.69 Å². The van der Waals surface area contributed by atoms with Gasteiger partial charge in [0.05, 0.1) is 32.2 Å². The molecular formula is C22H30N2O5S. The van der Waals surface area contributed by atoms with Gasteiger partial charge in [-0.2, -0.15) is 0 Å². The highest BCUT2D eigenvalue weighted by atomic mass is 32.2. The van der Waals surface area contributed by atoms with Gasteiger partial charge in [0.1, 0.15) is 18.0 Å². The summed E-state index contributed by atoms with van der Waals surface area (Å²) in [4.78, 5) is 12.9. The molecule has 164 valence electrons. The van der Waals surface area contributed by atoms with Gasteiger partial charge in [-0.05, 0) is 42.2 Å². The van der Waals surface area contributed by atoms with Crippen molar-refractivity contribution >= 4 is 21.6 Å². The van der Waals surface area contributed by atoms with Crippen molar-refractivity contribution in [2.75, 3.05) is 31.3 Å². The molecule has 0 bridgehead atoms. The Labute approximate surface area is 179 Å². The molecular weight excluding hydrogens is 404 g/mol. The van der Waals surface area contributed by atoms with Crippen LogP contribution in [-0.4, -0.2) is 41.3 Å². The molecule has 0 spiro atoms. The summed E-state index contributed by atoms with van der Waals surface area (Å²) in [5.74, 6) is 1.04. The summed E-state index contributed by atoms with van der Waals surface area (Å²) >= 11 is 0. The van der Waals surface area contributed by atoms with Gasteiger partial charge in [-0.15, -0.1) is 0 Å². The van der Waals surface area contributed by atoms with Gasteiger partial charge in [0, 0.05) is 0 Å². The zero-order chi connectivity index (χ0) is 22.3. The molecule has 0 aliphatic carbocycles. The molecule has 1 amide bonds.